The van der Waals surface area contributed by atoms with Crippen LogP contribution in [0.4, 0.5) is 9.59 Å². The highest BCUT2D eigenvalue weighted by Crippen LogP contribution is 2.44. The Bertz CT molecular complexity index is 2710. The number of alkyl carbamates (subject to hydrolysis) is 2. The summed E-state index contributed by atoms with van der Waals surface area (Å²) in [7, 11) is 4.21. The van der Waals surface area contributed by atoms with Crippen molar-refractivity contribution in [1.82, 2.24) is 40.4 Å². The Kier molecular flexibility index (Phi) is 13.1. The Balaban J connectivity index is 1.05. The molecule has 2 aliphatic rings. The molecule has 5 atom stereocenters. The zero-order valence-electron chi connectivity index (χ0n) is 37.8. The summed E-state index contributed by atoms with van der Waals surface area (Å²) in [5, 5.41) is 7.35. The van der Waals surface area contributed by atoms with Crippen molar-refractivity contribution in [3.63, 3.8) is 0 Å². The van der Waals surface area contributed by atoms with Crippen LogP contribution in [0.3, 0.4) is 0 Å². The van der Waals surface area contributed by atoms with E-state index in [-0.39, 0.29) is 36.2 Å². The van der Waals surface area contributed by atoms with E-state index in [9.17, 15) is 19.2 Å². The predicted molar refractivity (Wildman–Crippen MR) is 245 cm³/mol. The third-order valence-electron chi connectivity index (χ3n) is 12.6. The van der Waals surface area contributed by atoms with Gasteiger partial charge in [-0.25, -0.2) is 19.6 Å². The Hall–Kier alpha value is -6.94. The maximum Gasteiger partial charge on any atom is 0.407 e. The molecule has 4 amide bonds. The van der Waals surface area contributed by atoms with Gasteiger partial charge in [0.25, 0.3) is 5.91 Å². The van der Waals surface area contributed by atoms with Gasteiger partial charge in [-0.15, -0.1) is 0 Å². The molecule has 16 heteroatoms. The van der Waals surface area contributed by atoms with Crippen molar-refractivity contribution in [2.45, 2.75) is 77.9 Å². The number of aromatic amines is 2. The number of methoxy groups -OCH3 is 3. The van der Waals surface area contributed by atoms with Crippen LogP contribution in [0.5, 0.6) is 5.75 Å². The smallest absolute Gasteiger partial charge is 0.407 e. The van der Waals surface area contributed by atoms with Crippen LogP contribution in [-0.2, 0) is 37.0 Å². The molecule has 0 spiro atoms. The monoisotopic (exact) mass is 884 g/mol. The lowest BCUT2D eigenvalue weighted by atomic mass is 9.92. The first-order valence-electron chi connectivity index (χ1n) is 22.0. The zero-order chi connectivity index (χ0) is 45.9. The highest BCUT2D eigenvalue weighted by molar-refractivity contribution is 6.07. The van der Waals surface area contributed by atoms with E-state index in [0.29, 0.717) is 43.4 Å². The van der Waals surface area contributed by atoms with Gasteiger partial charge in [0, 0.05) is 36.6 Å². The summed E-state index contributed by atoms with van der Waals surface area (Å²) in [6.45, 7) is 9.28. The average molecular weight is 885 g/mol. The van der Waals surface area contributed by atoms with Crippen molar-refractivity contribution in [2.75, 3.05) is 34.5 Å². The molecule has 1 fully saturated rings. The Labute approximate surface area is 377 Å². The molecule has 6 aromatic rings. The SMILES string of the molecule is CCC(C)N(Cc1ncc(-c2ccc3c(c2)COc2cc4c(ccc5[nH]c(C6CC(COC)CN6C(=O)C(NC(=O)OC)c6ccccc6)nc54)cc2-3)[nH]1)C(=O)C(NC(=O)OC)C(C)C. The average Bonchev–Trinajstić information content (AvgIpc) is 4.09. The fourth-order valence-corrected chi connectivity index (χ4v) is 8.99. The van der Waals surface area contributed by atoms with Gasteiger partial charge in [0.05, 0.1) is 56.3 Å². The number of likely N-dealkylation sites (tertiary alicyclic amines) is 1. The summed E-state index contributed by atoms with van der Waals surface area (Å²) in [6, 6.07) is 21.5. The molecule has 1 saturated heterocycles. The van der Waals surface area contributed by atoms with Gasteiger partial charge in [-0.05, 0) is 77.6 Å². The fraction of sp³-hybridized carbons (Fsp3) is 0.388. The molecule has 4 N–H and O–H groups in total. The van der Waals surface area contributed by atoms with Crippen molar-refractivity contribution in [3.8, 4) is 28.1 Å². The van der Waals surface area contributed by atoms with E-state index in [4.69, 9.17) is 23.9 Å². The van der Waals surface area contributed by atoms with Gasteiger partial charge in [0.2, 0.25) is 5.91 Å². The van der Waals surface area contributed by atoms with Crippen molar-refractivity contribution < 1.29 is 38.1 Å². The van der Waals surface area contributed by atoms with Gasteiger partial charge in [0.15, 0.2) is 0 Å². The van der Waals surface area contributed by atoms with Gasteiger partial charge in [-0.2, -0.15) is 0 Å². The molecule has 16 nitrogen and oxygen atoms in total. The van der Waals surface area contributed by atoms with Crippen LogP contribution >= 0.6 is 0 Å². The molecule has 8 rings (SSSR count). The largest absolute Gasteiger partial charge is 0.488 e. The third-order valence-corrected chi connectivity index (χ3v) is 12.6. The van der Waals surface area contributed by atoms with Crippen molar-refractivity contribution in [2.24, 2.45) is 11.8 Å². The molecular formula is C49H56N8O8. The summed E-state index contributed by atoms with van der Waals surface area (Å²) < 4.78 is 21.7. The molecular weight excluding hydrogens is 829 g/mol. The van der Waals surface area contributed by atoms with Crippen LogP contribution in [0.2, 0.25) is 0 Å². The minimum Gasteiger partial charge on any atom is -0.488 e. The highest BCUT2D eigenvalue weighted by Gasteiger charge is 2.41. The Morgan fingerprint density at radius 2 is 1.69 bits per heavy atom. The van der Waals surface area contributed by atoms with E-state index in [0.717, 1.165) is 61.9 Å². The molecule has 0 saturated carbocycles. The number of carbonyl (C=O) groups excluding carboxylic acids is 4. The number of fused-ring (bicyclic) bond motifs is 6. The highest BCUT2D eigenvalue weighted by atomic mass is 16.5. The van der Waals surface area contributed by atoms with Crippen LogP contribution in [-0.4, -0.2) is 100 Å². The molecule has 4 aromatic carbocycles. The minimum absolute atomic E-state index is 0.0567. The number of H-pyrrole nitrogens is 2. The lowest BCUT2D eigenvalue weighted by molar-refractivity contribution is -0.137. The molecule has 4 heterocycles. The van der Waals surface area contributed by atoms with Gasteiger partial charge in [-0.1, -0.05) is 69.3 Å². The number of aromatic nitrogens is 4. The second-order valence-corrected chi connectivity index (χ2v) is 17.2. The normalized spacial score (nSPS) is 16.9. The van der Waals surface area contributed by atoms with E-state index >= 15 is 0 Å². The van der Waals surface area contributed by atoms with E-state index in [1.807, 2.05) is 70.2 Å². The first-order chi connectivity index (χ1) is 31.4. The number of imidazole rings is 2. The number of carbonyl (C=O) groups is 4. The van der Waals surface area contributed by atoms with E-state index < -0.39 is 30.3 Å². The Morgan fingerprint density at radius 3 is 2.42 bits per heavy atom. The molecule has 0 bridgehead atoms. The summed E-state index contributed by atoms with van der Waals surface area (Å²) >= 11 is 0. The fourth-order valence-electron chi connectivity index (χ4n) is 8.99. The number of rotatable bonds is 14. The standard InChI is InChI=1S/C49H56N8O8/c1-8-28(4)56(46(58)42(27(2)3)54-48(60)63-6)24-41-50-22-38(51-41)32-14-16-34-33(19-32)26-65-40-21-35-31(20-36(34)40)15-17-37-44(35)53-45(52-37)39-18-29(25-62-5)23-57(39)47(59)43(55-49(61)64-7)30-12-10-9-11-13-30/h9-17,19-22,27-29,39,42-43H,8,18,23-26H2,1-7H3,(H,50,51)(H,52,53)(H,54,60)(H,55,61). The Morgan fingerprint density at radius 1 is 0.923 bits per heavy atom. The van der Waals surface area contributed by atoms with Gasteiger partial charge in [0.1, 0.15) is 36.1 Å². The molecule has 340 valence electrons. The molecule has 5 unspecified atom stereocenters. The van der Waals surface area contributed by atoms with E-state index in [2.05, 4.69) is 55.9 Å². The van der Waals surface area contributed by atoms with Crippen molar-refractivity contribution in [1.29, 1.82) is 0 Å². The molecule has 65 heavy (non-hydrogen) atoms. The lowest BCUT2D eigenvalue weighted by Gasteiger charge is -2.33. The van der Waals surface area contributed by atoms with Gasteiger partial charge in [-0.3, -0.25) is 9.59 Å². The summed E-state index contributed by atoms with van der Waals surface area (Å²) in [5.41, 5.74) is 7.02. The third kappa shape index (κ3) is 9.08. The number of benzene rings is 4. The summed E-state index contributed by atoms with van der Waals surface area (Å²) in [5.74, 6) is 1.46. The van der Waals surface area contributed by atoms with Crippen LogP contribution < -0.4 is 15.4 Å². The zero-order valence-corrected chi connectivity index (χ0v) is 37.8. The summed E-state index contributed by atoms with van der Waals surface area (Å²) in [6.07, 6.45) is 1.78. The topological polar surface area (TPSA) is 193 Å². The summed E-state index contributed by atoms with van der Waals surface area (Å²) in [4.78, 5) is 73.1. The van der Waals surface area contributed by atoms with Crippen LogP contribution in [0.1, 0.15) is 75.4 Å². The quantitative estimate of drug-likeness (QED) is 0.0839. The van der Waals surface area contributed by atoms with Crippen LogP contribution in [0.15, 0.2) is 79.0 Å². The number of ether oxygens (including phenoxy) is 4. The van der Waals surface area contributed by atoms with E-state index in [1.165, 1.54) is 14.2 Å². The predicted octanol–water partition coefficient (Wildman–Crippen LogP) is 7.81. The lowest BCUT2D eigenvalue weighted by Crippen LogP contribution is -2.53. The van der Waals surface area contributed by atoms with Crippen LogP contribution in [0.25, 0.3) is 44.2 Å². The number of hydrogen-bond donors (Lipinski definition) is 4. The maximum atomic E-state index is 14.4. The van der Waals surface area contributed by atoms with Crippen molar-refractivity contribution >= 4 is 45.8 Å². The van der Waals surface area contributed by atoms with Crippen LogP contribution in [0, 0.1) is 11.8 Å². The molecule has 2 aromatic heterocycles. The number of nitrogens with one attached hydrogen (secondary N) is 4. The second-order valence-electron chi connectivity index (χ2n) is 17.2. The molecule has 0 radical (unpaired) electrons. The number of nitrogens with zero attached hydrogens (tertiary/aromatic N) is 4. The van der Waals surface area contributed by atoms with Crippen molar-refractivity contribution in [3.05, 3.63) is 102 Å². The second kappa shape index (κ2) is 19.0. The van der Waals surface area contributed by atoms with Gasteiger partial charge >= 0.3 is 12.2 Å². The maximum absolute atomic E-state index is 14.4. The number of hydrogen-bond acceptors (Lipinski definition) is 10. The molecule has 2 aliphatic heterocycles. The number of amides is 4. The first kappa shape index (κ1) is 44.7. The minimum atomic E-state index is -0.957. The first-order valence-corrected chi connectivity index (χ1v) is 22.0. The van der Waals surface area contributed by atoms with E-state index in [1.54, 1.807) is 23.1 Å². The molecule has 0 aliphatic carbocycles. The van der Waals surface area contributed by atoms with Gasteiger partial charge < -0.3 is 49.3 Å².